The smallest absolute Gasteiger partial charge is 0.338 e. The van der Waals surface area contributed by atoms with Crippen molar-refractivity contribution < 1.29 is 9.53 Å². The number of carbonyl (C=O) groups excluding carboxylic acids is 1. The summed E-state index contributed by atoms with van der Waals surface area (Å²) >= 11 is 0. The van der Waals surface area contributed by atoms with Crippen LogP contribution in [-0.4, -0.2) is 5.97 Å². The van der Waals surface area contributed by atoms with Crippen LogP contribution in [0.15, 0.2) is 66.7 Å². The lowest BCUT2D eigenvalue weighted by molar-refractivity contribution is -0.130. The van der Waals surface area contributed by atoms with Gasteiger partial charge in [-0.15, -0.1) is 0 Å². The Kier molecular flexibility index (Phi) is 3.57. The molecule has 3 rings (SSSR count). The Labute approximate surface area is 128 Å². The molecule has 112 valence electrons. The third kappa shape index (κ3) is 2.80. The van der Waals surface area contributed by atoms with Crippen LogP contribution < -0.4 is 26.0 Å². The fraction of sp³-hybridized carbons (Fsp3) is 0.0625. The first-order valence-electron chi connectivity index (χ1n) is 6.78. The van der Waals surface area contributed by atoms with E-state index in [0.717, 1.165) is 22.9 Å². The molecule has 1 aromatic rings. The van der Waals surface area contributed by atoms with Crippen molar-refractivity contribution in [2.75, 3.05) is 0 Å². The molecular formula is C16H16N4O2. The van der Waals surface area contributed by atoms with Crippen molar-refractivity contribution in [3.8, 4) is 5.75 Å². The van der Waals surface area contributed by atoms with Gasteiger partial charge in [0.15, 0.2) is 0 Å². The highest BCUT2D eigenvalue weighted by Gasteiger charge is 2.16. The molecule has 0 saturated heterocycles. The minimum absolute atomic E-state index is 0.370. The molecule has 0 saturated carbocycles. The molecule has 6 heteroatoms. The van der Waals surface area contributed by atoms with Crippen molar-refractivity contribution in [2.45, 2.75) is 6.92 Å². The summed E-state index contributed by atoms with van der Waals surface area (Å²) in [7, 11) is 0. The summed E-state index contributed by atoms with van der Waals surface area (Å²) in [6.07, 6.45) is 5.50. The molecule has 1 aromatic carbocycles. The third-order valence-corrected chi connectivity index (χ3v) is 3.13. The van der Waals surface area contributed by atoms with E-state index in [2.05, 4.69) is 27.8 Å². The molecule has 0 aromatic heterocycles. The molecule has 2 aliphatic heterocycles. The quantitative estimate of drug-likeness (QED) is 0.384. The van der Waals surface area contributed by atoms with E-state index in [4.69, 9.17) is 4.74 Å². The van der Waals surface area contributed by atoms with Gasteiger partial charge in [0.1, 0.15) is 17.4 Å². The summed E-state index contributed by atoms with van der Waals surface area (Å²) in [6.45, 7) is 5.17. The number of esters is 1. The summed E-state index contributed by atoms with van der Waals surface area (Å²) in [5.41, 5.74) is 2.27. The standard InChI is InChI=1S/C16H16N4O2/c1-10(2)16(21)22-12-5-3-11(4-6-12)13-9-19-15(20-13)14-17-7-8-18-14/h3-9,17-20H,1H2,2H3. The number of ether oxygens (including phenoxy) is 1. The van der Waals surface area contributed by atoms with E-state index in [-0.39, 0.29) is 0 Å². The second-order valence-electron chi connectivity index (χ2n) is 4.89. The normalized spacial score (nSPS) is 15.4. The van der Waals surface area contributed by atoms with E-state index in [0.29, 0.717) is 11.3 Å². The van der Waals surface area contributed by atoms with Crippen LogP contribution >= 0.6 is 0 Å². The summed E-state index contributed by atoms with van der Waals surface area (Å²) < 4.78 is 5.16. The molecule has 2 aliphatic rings. The number of benzene rings is 1. The highest BCUT2D eigenvalue weighted by molar-refractivity contribution is 5.88. The van der Waals surface area contributed by atoms with Gasteiger partial charge in [0, 0.05) is 24.2 Å². The molecule has 0 bridgehead atoms. The highest BCUT2D eigenvalue weighted by Crippen LogP contribution is 2.21. The van der Waals surface area contributed by atoms with Crippen LogP contribution in [0, 0.1) is 0 Å². The molecule has 0 unspecified atom stereocenters. The maximum Gasteiger partial charge on any atom is 0.338 e. The fourth-order valence-electron chi connectivity index (χ4n) is 1.97. The van der Waals surface area contributed by atoms with Gasteiger partial charge in [-0.05, 0) is 36.8 Å². The molecule has 0 amide bonds. The SMILES string of the molecule is C=C(C)C(=O)Oc1ccc(C2=CNC(=C3NC=CN3)N2)cc1. The van der Waals surface area contributed by atoms with Crippen LogP contribution in [0.1, 0.15) is 12.5 Å². The molecule has 6 nitrogen and oxygen atoms in total. The van der Waals surface area contributed by atoms with Crippen LogP contribution in [0.25, 0.3) is 5.70 Å². The van der Waals surface area contributed by atoms with Crippen molar-refractivity contribution in [2.24, 2.45) is 0 Å². The van der Waals surface area contributed by atoms with E-state index in [1.54, 1.807) is 19.1 Å². The maximum absolute atomic E-state index is 11.5. The van der Waals surface area contributed by atoms with Gasteiger partial charge in [-0.1, -0.05) is 6.58 Å². The van der Waals surface area contributed by atoms with E-state index < -0.39 is 5.97 Å². The molecule has 0 spiro atoms. The molecule has 0 aliphatic carbocycles. The van der Waals surface area contributed by atoms with Gasteiger partial charge < -0.3 is 26.0 Å². The lowest BCUT2D eigenvalue weighted by Gasteiger charge is -2.09. The van der Waals surface area contributed by atoms with Crippen molar-refractivity contribution in [1.82, 2.24) is 21.3 Å². The molecule has 2 heterocycles. The second kappa shape index (κ2) is 5.69. The first-order valence-corrected chi connectivity index (χ1v) is 6.78. The molecular weight excluding hydrogens is 280 g/mol. The zero-order chi connectivity index (χ0) is 15.5. The van der Waals surface area contributed by atoms with E-state index in [1.165, 1.54) is 0 Å². The van der Waals surface area contributed by atoms with Crippen LogP contribution in [0.4, 0.5) is 0 Å². The van der Waals surface area contributed by atoms with Gasteiger partial charge in [0.05, 0.1) is 5.70 Å². The van der Waals surface area contributed by atoms with E-state index >= 15 is 0 Å². The molecule has 0 atom stereocenters. The first-order chi connectivity index (χ1) is 10.6. The third-order valence-electron chi connectivity index (χ3n) is 3.13. The summed E-state index contributed by atoms with van der Waals surface area (Å²) in [6, 6.07) is 7.25. The minimum Gasteiger partial charge on any atom is -0.423 e. The lowest BCUT2D eigenvalue weighted by Crippen LogP contribution is -2.24. The molecule has 22 heavy (non-hydrogen) atoms. The monoisotopic (exact) mass is 296 g/mol. The summed E-state index contributed by atoms with van der Waals surface area (Å²) in [5, 5.41) is 12.6. The number of carbonyl (C=O) groups is 1. The van der Waals surface area contributed by atoms with Gasteiger partial charge in [-0.25, -0.2) is 4.79 Å². The maximum atomic E-state index is 11.5. The summed E-state index contributed by atoms with van der Waals surface area (Å²) in [4.78, 5) is 11.5. The van der Waals surface area contributed by atoms with E-state index in [1.807, 2.05) is 30.7 Å². The number of nitrogens with one attached hydrogen (secondary N) is 4. The Morgan fingerprint density at radius 2 is 1.73 bits per heavy atom. The van der Waals surface area contributed by atoms with Gasteiger partial charge >= 0.3 is 5.97 Å². The van der Waals surface area contributed by atoms with Crippen LogP contribution in [-0.2, 0) is 4.79 Å². The van der Waals surface area contributed by atoms with Crippen molar-refractivity contribution >= 4 is 11.7 Å². The summed E-state index contributed by atoms with van der Waals surface area (Å²) in [5.74, 6) is 1.77. The average molecular weight is 296 g/mol. The zero-order valence-corrected chi connectivity index (χ0v) is 12.1. The molecule has 4 N–H and O–H groups in total. The second-order valence-corrected chi connectivity index (χ2v) is 4.89. The van der Waals surface area contributed by atoms with Crippen molar-refractivity contribution in [3.05, 3.63) is 72.2 Å². The van der Waals surface area contributed by atoms with Crippen molar-refractivity contribution in [3.63, 3.8) is 0 Å². The Hall–Kier alpha value is -3.15. The van der Waals surface area contributed by atoms with Gasteiger partial charge in [-0.3, -0.25) is 0 Å². The average Bonchev–Trinajstić information content (AvgIpc) is 3.19. The molecule has 0 fully saturated rings. The number of hydrogen-bond donors (Lipinski definition) is 4. The Morgan fingerprint density at radius 1 is 1.05 bits per heavy atom. The van der Waals surface area contributed by atoms with Crippen LogP contribution in [0.2, 0.25) is 0 Å². The Bertz CT molecular complexity index is 704. The molecule has 0 radical (unpaired) electrons. The van der Waals surface area contributed by atoms with Gasteiger partial charge in [0.25, 0.3) is 0 Å². The topological polar surface area (TPSA) is 74.4 Å². The fourth-order valence-corrected chi connectivity index (χ4v) is 1.97. The van der Waals surface area contributed by atoms with E-state index in [9.17, 15) is 4.79 Å². The van der Waals surface area contributed by atoms with Crippen molar-refractivity contribution in [1.29, 1.82) is 0 Å². The van der Waals surface area contributed by atoms with Crippen LogP contribution in [0.3, 0.4) is 0 Å². The largest absolute Gasteiger partial charge is 0.423 e. The predicted molar refractivity (Wildman–Crippen MR) is 83.6 cm³/mol. The Balaban J connectivity index is 1.68. The van der Waals surface area contributed by atoms with Gasteiger partial charge in [0.2, 0.25) is 0 Å². The lowest BCUT2D eigenvalue weighted by atomic mass is 10.1. The number of rotatable bonds is 3. The zero-order valence-electron chi connectivity index (χ0n) is 12.1. The van der Waals surface area contributed by atoms with Gasteiger partial charge in [-0.2, -0.15) is 0 Å². The highest BCUT2D eigenvalue weighted by atomic mass is 16.5. The first kappa shape index (κ1) is 13.8. The number of hydrogen-bond acceptors (Lipinski definition) is 6. The predicted octanol–water partition coefficient (Wildman–Crippen LogP) is 1.45. The Morgan fingerprint density at radius 3 is 2.36 bits per heavy atom. The minimum atomic E-state index is -0.425. The van der Waals surface area contributed by atoms with Crippen LogP contribution in [0.5, 0.6) is 5.75 Å².